The Labute approximate surface area is 146 Å². The van der Waals surface area contributed by atoms with Gasteiger partial charge in [-0.25, -0.2) is 4.39 Å². The minimum atomic E-state index is -0.289. The predicted molar refractivity (Wildman–Crippen MR) is 93.3 cm³/mol. The van der Waals surface area contributed by atoms with Crippen LogP contribution in [0.4, 0.5) is 4.39 Å². The first-order valence-corrected chi connectivity index (χ1v) is 8.42. The number of nitrogens with one attached hydrogen (secondary N) is 1. The Morgan fingerprint density at radius 1 is 1.12 bits per heavy atom. The molecule has 0 bridgehead atoms. The zero-order valence-electron chi connectivity index (χ0n) is 14.2. The molecule has 1 aliphatic rings. The maximum atomic E-state index is 13.4. The van der Waals surface area contributed by atoms with E-state index in [0.29, 0.717) is 18.7 Å². The lowest BCUT2D eigenvalue weighted by Gasteiger charge is -2.23. The summed E-state index contributed by atoms with van der Waals surface area (Å²) in [6.07, 6.45) is 1.98. The maximum Gasteiger partial charge on any atom is 0.254 e. The zero-order chi connectivity index (χ0) is 17.8. The molecule has 2 amide bonds. The second-order valence-electron chi connectivity index (χ2n) is 6.40. The van der Waals surface area contributed by atoms with Crippen molar-refractivity contribution >= 4 is 11.8 Å². The fourth-order valence-corrected chi connectivity index (χ4v) is 2.74. The molecule has 5 heteroatoms. The van der Waals surface area contributed by atoms with Crippen LogP contribution in [-0.2, 0) is 17.9 Å². The molecule has 0 spiro atoms. The Morgan fingerprint density at radius 2 is 1.84 bits per heavy atom. The monoisotopic (exact) mass is 340 g/mol. The number of hydrogen-bond donors (Lipinski definition) is 1. The predicted octanol–water partition coefficient (Wildman–Crippen LogP) is 3.27. The number of hydrogen-bond acceptors (Lipinski definition) is 2. The van der Waals surface area contributed by atoms with E-state index in [2.05, 4.69) is 5.32 Å². The van der Waals surface area contributed by atoms with Gasteiger partial charge in [0.05, 0.1) is 0 Å². The molecule has 130 valence electrons. The summed E-state index contributed by atoms with van der Waals surface area (Å²) in [5, 5.41) is 2.73. The molecule has 0 aliphatic heterocycles. The minimum Gasteiger partial charge on any atom is -0.352 e. The Balaban J connectivity index is 1.71. The Bertz CT molecular complexity index is 770. The lowest BCUT2D eigenvalue weighted by atomic mass is 10.1. The van der Waals surface area contributed by atoms with Crippen molar-refractivity contribution in [3.63, 3.8) is 0 Å². The van der Waals surface area contributed by atoms with Crippen LogP contribution >= 0.6 is 0 Å². The quantitative estimate of drug-likeness (QED) is 0.877. The van der Waals surface area contributed by atoms with Crippen molar-refractivity contribution in [1.29, 1.82) is 0 Å². The molecule has 2 aromatic carbocycles. The molecule has 0 unspecified atom stereocenters. The first-order valence-electron chi connectivity index (χ1n) is 8.42. The second kappa shape index (κ2) is 7.47. The summed E-state index contributed by atoms with van der Waals surface area (Å²) in [5.41, 5.74) is 2.34. The van der Waals surface area contributed by atoms with Crippen LogP contribution in [0.3, 0.4) is 0 Å². The Kier molecular flexibility index (Phi) is 5.12. The van der Waals surface area contributed by atoms with E-state index in [1.165, 1.54) is 19.1 Å². The molecule has 25 heavy (non-hydrogen) atoms. The third kappa shape index (κ3) is 4.66. The van der Waals surface area contributed by atoms with Crippen molar-refractivity contribution in [1.82, 2.24) is 10.2 Å². The van der Waals surface area contributed by atoms with Crippen LogP contribution in [0, 0.1) is 5.82 Å². The fraction of sp³-hybridized carbons (Fsp3) is 0.300. The molecule has 0 radical (unpaired) electrons. The number of amides is 2. The molecule has 1 fully saturated rings. The normalized spacial score (nSPS) is 13.4. The molecule has 0 atom stereocenters. The fourth-order valence-electron chi connectivity index (χ4n) is 2.74. The summed E-state index contributed by atoms with van der Waals surface area (Å²) >= 11 is 0. The third-order valence-electron chi connectivity index (χ3n) is 4.23. The van der Waals surface area contributed by atoms with Crippen LogP contribution in [0.1, 0.15) is 41.3 Å². The Hall–Kier alpha value is -2.69. The van der Waals surface area contributed by atoms with Gasteiger partial charge in [0.15, 0.2) is 0 Å². The van der Waals surface area contributed by atoms with Crippen molar-refractivity contribution in [2.45, 2.75) is 38.9 Å². The highest BCUT2D eigenvalue weighted by molar-refractivity contribution is 5.94. The summed E-state index contributed by atoms with van der Waals surface area (Å²) in [6, 6.07) is 13.8. The van der Waals surface area contributed by atoms with E-state index in [4.69, 9.17) is 0 Å². The number of halogens is 1. The highest BCUT2D eigenvalue weighted by Crippen LogP contribution is 2.30. The number of carbonyl (C=O) groups excluding carboxylic acids is 2. The van der Waals surface area contributed by atoms with Gasteiger partial charge in [0.1, 0.15) is 5.82 Å². The molecule has 4 nitrogen and oxygen atoms in total. The van der Waals surface area contributed by atoms with E-state index in [0.717, 1.165) is 24.0 Å². The van der Waals surface area contributed by atoms with Crippen molar-refractivity contribution in [2.24, 2.45) is 0 Å². The van der Waals surface area contributed by atoms with Gasteiger partial charge in [0.25, 0.3) is 5.91 Å². The van der Waals surface area contributed by atoms with Gasteiger partial charge in [-0.05, 0) is 48.2 Å². The zero-order valence-corrected chi connectivity index (χ0v) is 14.2. The number of carbonyl (C=O) groups is 2. The summed E-state index contributed by atoms with van der Waals surface area (Å²) < 4.78 is 13.4. The largest absolute Gasteiger partial charge is 0.352 e. The lowest BCUT2D eigenvalue weighted by Crippen LogP contribution is -2.32. The van der Waals surface area contributed by atoms with E-state index >= 15 is 0 Å². The molecule has 2 aromatic rings. The third-order valence-corrected chi connectivity index (χ3v) is 4.23. The summed E-state index contributed by atoms with van der Waals surface area (Å²) in [6.45, 7) is 2.33. The molecule has 0 saturated heterocycles. The Morgan fingerprint density at radius 3 is 2.44 bits per heavy atom. The molecule has 0 heterocycles. The SMILES string of the molecule is CC(=O)NCc1ccc(C(=O)N(Cc2cccc(F)c2)C2CC2)cc1. The van der Waals surface area contributed by atoms with Gasteiger partial charge in [0.2, 0.25) is 5.91 Å². The van der Waals surface area contributed by atoms with E-state index in [9.17, 15) is 14.0 Å². The lowest BCUT2D eigenvalue weighted by molar-refractivity contribution is -0.119. The van der Waals surface area contributed by atoms with Gasteiger partial charge >= 0.3 is 0 Å². The summed E-state index contributed by atoms with van der Waals surface area (Å²) in [5.74, 6) is -0.420. The number of benzene rings is 2. The van der Waals surface area contributed by atoms with E-state index < -0.39 is 0 Å². The number of nitrogens with zero attached hydrogens (tertiary/aromatic N) is 1. The van der Waals surface area contributed by atoms with Crippen molar-refractivity contribution in [3.05, 3.63) is 71.0 Å². The molecule has 3 rings (SSSR count). The van der Waals surface area contributed by atoms with Crippen LogP contribution in [0.2, 0.25) is 0 Å². The van der Waals surface area contributed by atoms with Crippen LogP contribution in [-0.4, -0.2) is 22.8 Å². The first kappa shape index (κ1) is 17.1. The van der Waals surface area contributed by atoms with Crippen LogP contribution in [0.5, 0.6) is 0 Å². The van der Waals surface area contributed by atoms with Gasteiger partial charge in [-0.3, -0.25) is 9.59 Å². The van der Waals surface area contributed by atoms with Gasteiger partial charge in [0, 0.05) is 31.6 Å². The van der Waals surface area contributed by atoms with Gasteiger partial charge in [-0.1, -0.05) is 24.3 Å². The van der Waals surface area contributed by atoms with Crippen molar-refractivity contribution in [2.75, 3.05) is 0 Å². The molecule has 1 N–H and O–H groups in total. The summed E-state index contributed by atoms with van der Waals surface area (Å²) in [7, 11) is 0. The molecular weight excluding hydrogens is 319 g/mol. The smallest absolute Gasteiger partial charge is 0.254 e. The molecule has 1 saturated carbocycles. The van der Waals surface area contributed by atoms with E-state index in [1.807, 2.05) is 23.1 Å². The molecule has 1 aliphatic carbocycles. The molecule has 0 aromatic heterocycles. The number of rotatable bonds is 6. The first-order chi connectivity index (χ1) is 12.0. The van der Waals surface area contributed by atoms with Crippen molar-refractivity contribution in [3.8, 4) is 0 Å². The van der Waals surface area contributed by atoms with E-state index in [-0.39, 0.29) is 23.7 Å². The van der Waals surface area contributed by atoms with Crippen LogP contribution in [0.15, 0.2) is 48.5 Å². The summed E-state index contributed by atoms with van der Waals surface area (Å²) in [4.78, 5) is 25.6. The average molecular weight is 340 g/mol. The topological polar surface area (TPSA) is 49.4 Å². The maximum absolute atomic E-state index is 13.4. The standard InChI is InChI=1S/C20H21FN2O2/c1-14(24)22-12-15-5-7-17(8-6-15)20(25)23(19-9-10-19)13-16-3-2-4-18(21)11-16/h2-8,11,19H,9-10,12-13H2,1H3,(H,22,24). The van der Waals surface area contributed by atoms with Crippen molar-refractivity contribution < 1.29 is 14.0 Å². The van der Waals surface area contributed by atoms with Gasteiger partial charge in [-0.15, -0.1) is 0 Å². The molecular formula is C20H21FN2O2. The van der Waals surface area contributed by atoms with Gasteiger partial charge < -0.3 is 10.2 Å². The van der Waals surface area contributed by atoms with Crippen LogP contribution in [0.25, 0.3) is 0 Å². The minimum absolute atomic E-state index is 0.0437. The van der Waals surface area contributed by atoms with Crippen LogP contribution < -0.4 is 5.32 Å². The van der Waals surface area contributed by atoms with Gasteiger partial charge in [-0.2, -0.15) is 0 Å². The second-order valence-corrected chi connectivity index (χ2v) is 6.40. The highest BCUT2D eigenvalue weighted by Gasteiger charge is 2.33. The highest BCUT2D eigenvalue weighted by atomic mass is 19.1. The average Bonchev–Trinajstić information content (AvgIpc) is 3.43. The van der Waals surface area contributed by atoms with E-state index in [1.54, 1.807) is 18.2 Å².